The summed E-state index contributed by atoms with van der Waals surface area (Å²) in [6.07, 6.45) is 2.45. The summed E-state index contributed by atoms with van der Waals surface area (Å²) < 4.78 is 11.5. The van der Waals surface area contributed by atoms with E-state index >= 15 is 0 Å². The van der Waals surface area contributed by atoms with E-state index in [0.717, 1.165) is 5.56 Å². The highest BCUT2D eigenvalue weighted by atomic mass is 16.5. The SMILES string of the molecule is COc1c(OC[C@@H](O)CN(C)C)ccc2c1N=C(NC(=O)c1cccnc1)N1CCN=C21. The van der Waals surface area contributed by atoms with Crippen LogP contribution in [0.3, 0.4) is 0 Å². The molecule has 2 aromatic rings. The van der Waals surface area contributed by atoms with Gasteiger partial charge in [0.15, 0.2) is 11.5 Å². The maximum atomic E-state index is 12.7. The Hall–Kier alpha value is -3.50. The van der Waals surface area contributed by atoms with Crippen LogP contribution in [-0.2, 0) is 0 Å². The molecule has 0 spiro atoms. The van der Waals surface area contributed by atoms with E-state index in [-0.39, 0.29) is 12.5 Å². The number of pyridine rings is 1. The van der Waals surface area contributed by atoms with Gasteiger partial charge in [-0.3, -0.25) is 25.0 Å². The number of nitrogens with zero attached hydrogens (tertiary/aromatic N) is 5. The summed E-state index contributed by atoms with van der Waals surface area (Å²) in [6.45, 7) is 1.78. The van der Waals surface area contributed by atoms with E-state index in [1.165, 1.54) is 13.3 Å². The zero-order chi connectivity index (χ0) is 22.7. The quantitative estimate of drug-likeness (QED) is 0.660. The summed E-state index contributed by atoms with van der Waals surface area (Å²) in [5.74, 6) is 1.64. The Balaban J connectivity index is 1.65. The lowest BCUT2D eigenvalue weighted by atomic mass is 10.1. The smallest absolute Gasteiger partial charge is 0.259 e. The minimum atomic E-state index is -0.654. The largest absolute Gasteiger partial charge is 0.491 e. The molecule has 10 heteroatoms. The van der Waals surface area contributed by atoms with E-state index in [0.29, 0.717) is 54.2 Å². The second-order valence-corrected chi connectivity index (χ2v) is 7.71. The molecule has 1 amide bonds. The predicted octanol–water partition coefficient (Wildman–Crippen LogP) is 0.885. The number of aliphatic hydroxyl groups is 1. The van der Waals surface area contributed by atoms with Crippen LogP contribution >= 0.6 is 0 Å². The fraction of sp³-hybridized carbons (Fsp3) is 0.364. The molecule has 0 saturated heterocycles. The van der Waals surface area contributed by atoms with Crippen LogP contribution in [-0.4, -0.2) is 91.1 Å². The number of carbonyl (C=O) groups excluding carboxylic acids is 1. The Bertz CT molecular complexity index is 1050. The lowest BCUT2D eigenvalue weighted by Crippen LogP contribution is -2.47. The first-order valence-electron chi connectivity index (χ1n) is 10.3. The molecule has 3 heterocycles. The molecule has 0 radical (unpaired) electrons. The van der Waals surface area contributed by atoms with Crippen molar-refractivity contribution in [2.75, 3.05) is 47.4 Å². The molecular weight excluding hydrogens is 412 g/mol. The van der Waals surface area contributed by atoms with Gasteiger partial charge in [0.05, 0.1) is 19.2 Å². The summed E-state index contributed by atoms with van der Waals surface area (Å²) in [4.78, 5) is 29.8. The van der Waals surface area contributed by atoms with E-state index < -0.39 is 6.10 Å². The predicted molar refractivity (Wildman–Crippen MR) is 120 cm³/mol. The molecule has 0 bridgehead atoms. The van der Waals surface area contributed by atoms with Crippen molar-refractivity contribution >= 4 is 23.4 Å². The van der Waals surface area contributed by atoms with Gasteiger partial charge in [0.1, 0.15) is 24.2 Å². The number of nitrogens with one attached hydrogen (secondary N) is 1. The molecule has 0 aliphatic carbocycles. The number of fused-ring (bicyclic) bond motifs is 3. The average molecular weight is 438 g/mol. The Morgan fingerprint density at radius 1 is 1.34 bits per heavy atom. The maximum absolute atomic E-state index is 12.7. The van der Waals surface area contributed by atoms with Crippen LogP contribution in [0.25, 0.3) is 0 Å². The van der Waals surface area contributed by atoms with Crippen LogP contribution in [0.4, 0.5) is 5.69 Å². The molecule has 4 rings (SSSR count). The van der Waals surface area contributed by atoms with E-state index in [9.17, 15) is 9.90 Å². The van der Waals surface area contributed by atoms with Crippen molar-refractivity contribution in [3.8, 4) is 11.5 Å². The Morgan fingerprint density at radius 2 is 2.19 bits per heavy atom. The molecule has 2 N–H and O–H groups in total. The van der Waals surface area contributed by atoms with Crippen LogP contribution in [0.1, 0.15) is 15.9 Å². The fourth-order valence-corrected chi connectivity index (χ4v) is 3.63. The first kappa shape index (κ1) is 21.7. The van der Waals surface area contributed by atoms with Crippen LogP contribution in [0.2, 0.25) is 0 Å². The third-order valence-corrected chi connectivity index (χ3v) is 5.01. The number of aliphatic hydroxyl groups excluding tert-OH is 1. The van der Waals surface area contributed by atoms with Gasteiger partial charge in [0.2, 0.25) is 5.96 Å². The molecule has 10 nitrogen and oxygen atoms in total. The minimum Gasteiger partial charge on any atom is -0.491 e. The maximum Gasteiger partial charge on any atom is 0.259 e. The molecule has 0 unspecified atom stereocenters. The third-order valence-electron chi connectivity index (χ3n) is 5.01. The standard InChI is InChI=1S/C22H26N6O4/c1-27(2)12-15(29)13-32-17-7-6-16-18(19(17)31-3)25-22(28-10-9-24-20(16)28)26-21(30)14-5-4-8-23-11-14/h4-8,11,15,29H,9-10,12-13H2,1-3H3,(H,25,26,30)/t15-/m0/s1. The van der Waals surface area contributed by atoms with Gasteiger partial charge in [-0.05, 0) is 38.4 Å². The molecule has 0 fully saturated rings. The number of aromatic nitrogens is 1. The average Bonchev–Trinajstić information content (AvgIpc) is 3.28. The summed E-state index contributed by atoms with van der Waals surface area (Å²) in [5, 5.41) is 13.0. The number of benzene rings is 1. The van der Waals surface area contributed by atoms with Gasteiger partial charge in [-0.2, -0.15) is 0 Å². The second kappa shape index (κ2) is 9.33. The molecule has 32 heavy (non-hydrogen) atoms. The van der Waals surface area contributed by atoms with Crippen LogP contribution in [0.5, 0.6) is 11.5 Å². The van der Waals surface area contributed by atoms with Gasteiger partial charge < -0.3 is 19.5 Å². The topological polar surface area (TPSA) is 112 Å². The molecule has 1 aromatic heterocycles. The summed E-state index contributed by atoms with van der Waals surface area (Å²) in [7, 11) is 5.30. The van der Waals surface area contributed by atoms with Crippen LogP contribution in [0, 0.1) is 0 Å². The van der Waals surface area contributed by atoms with E-state index in [1.807, 2.05) is 30.0 Å². The second-order valence-electron chi connectivity index (χ2n) is 7.71. The van der Waals surface area contributed by atoms with Gasteiger partial charge in [0, 0.05) is 31.0 Å². The molecule has 2 aliphatic rings. The number of hydrogen-bond donors (Lipinski definition) is 2. The number of likely N-dealkylation sites (N-methyl/N-ethyl adjacent to an activating group) is 1. The van der Waals surface area contributed by atoms with Gasteiger partial charge in [-0.15, -0.1) is 0 Å². The summed E-state index contributed by atoms with van der Waals surface area (Å²) >= 11 is 0. The molecule has 0 saturated carbocycles. The number of rotatable bonds is 7. The number of amides is 1. The van der Waals surface area contributed by atoms with Crippen molar-refractivity contribution in [1.29, 1.82) is 0 Å². The summed E-state index contributed by atoms with van der Waals surface area (Å²) in [5.41, 5.74) is 1.74. The van der Waals surface area contributed by atoms with Gasteiger partial charge in [-0.1, -0.05) is 0 Å². The van der Waals surface area contributed by atoms with Crippen molar-refractivity contribution in [3.05, 3.63) is 47.8 Å². The number of carbonyl (C=O) groups is 1. The minimum absolute atomic E-state index is 0.106. The lowest BCUT2D eigenvalue weighted by Gasteiger charge is -2.28. The molecule has 1 aromatic carbocycles. The Morgan fingerprint density at radius 3 is 2.91 bits per heavy atom. The number of guanidine groups is 1. The van der Waals surface area contributed by atoms with Gasteiger partial charge in [-0.25, -0.2) is 4.99 Å². The lowest BCUT2D eigenvalue weighted by molar-refractivity contribution is 0.0818. The summed E-state index contributed by atoms with van der Waals surface area (Å²) in [6, 6.07) is 7.04. The monoisotopic (exact) mass is 438 g/mol. The van der Waals surface area contributed by atoms with Gasteiger partial charge in [0.25, 0.3) is 5.91 Å². The van der Waals surface area contributed by atoms with Crippen molar-refractivity contribution in [3.63, 3.8) is 0 Å². The highest BCUT2D eigenvalue weighted by molar-refractivity contribution is 6.20. The first-order chi connectivity index (χ1) is 15.5. The number of aliphatic imine (C=N–C) groups is 2. The highest BCUT2D eigenvalue weighted by Gasteiger charge is 2.33. The van der Waals surface area contributed by atoms with Crippen molar-refractivity contribution < 1.29 is 19.4 Å². The first-order valence-corrected chi connectivity index (χ1v) is 10.3. The van der Waals surface area contributed by atoms with E-state index in [4.69, 9.17) is 14.5 Å². The van der Waals surface area contributed by atoms with Crippen LogP contribution < -0.4 is 14.8 Å². The molecule has 2 aliphatic heterocycles. The highest BCUT2D eigenvalue weighted by Crippen LogP contribution is 2.43. The number of ether oxygens (including phenoxy) is 2. The molecular formula is C22H26N6O4. The normalized spacial score (nSPS) is 15.5. The zero-order valence-corrected chi connectivity index (χ0v) is 18.3. The molecule has 1 atom stereocenters. The van der Waals surface area contributed by atoms with Crippen molar-refractivity contribution in [2.24, 2.45) is 9.98 Å². The molecule has 168 valence electrons. The number of amidine groups is 1. The van der Waals surface area contributed by atoms with Crippen molar-refractivity contribution in [1.82, 2.24) is 20.1 Å². The van der Waals surface area contributed by atoms with E-state index in [2.05, 4.69) is 15.3 Å². The zero-order valence-electron chi connectivity index (χ0n) is 18.3. The van der Waals surface area contributed by atoms with Crippen LogP contribution in [0.15, 0.2) is 46.6 Å². The van der Waals surface area contributed by atoms with Gasteiger partial charge >= 0.3 is 0 Å². The fourth-order valence-electron chi connectivity index (χ4n) is 3.63. The van der Waals surface area contributed by atoms with E-state index in [1.54, 1.807) is 24.4 Å². The van der Waals surface area contributed by atoms with Crippen molar-refractivity contribution in [2.45, 2.75) is 6.10 Å². The number of methoxy groups -OCH3 is 1. The Kier molecular flexibility index (Phi) is 6.33. The Labute approximate surface area is 186 Å². The third kappa shape index (κ3) is 4.41. The number of hydrogen-bond acceptors (Lipinski definition) is 9.